The Morgan fingerprint density at radius 1 is 1.18 bits per heavy atom. The van der Waals surface area contributed by atoms with E-state index in [0.29, 0.717) is 26.4 Å². The van der Waals surface area contributed by atoms with Gasteiger partial charge in [0.1, 0.15) is 0 Å². The van der Waals surface area contributed by atoms with Gasteiger partial charge >= 0.3 is 0 Å². The minimum Gasteiger partial charge on any atom is -0.389 e. The Labute approximate surface area is 106 Å². The van der Waals surface area contributed by atoms with Crippen molar-refractivity contribution < 1.29 is 14.6 Å². The zero-order valence-electron chi connectivity index (χ0n) is 12.0. The van der Waals surface area contributed by atoms with E-state index < -0.39 is 6.10 Å². The van der Waals surface area contributed by atoms with Gasteiger partial charge in [0.05, 0.1) is 32.0 Å². The van der Waals surface area contributed by atoms with Crippen LogP contribution >= 0.6 is 0 Å². The SMILES string of the molecule is CC(C)OCCOCC(O)CNCC(C)(C)C. The van der Waals surface area contributed by atoms with E-state index in [0.717, 1.165) is 6.54 Å². The molecule has 0 rings (SSSR count). The van der Waals surface area contributed by atoms with E-state index in [1.54, 1.807) is 0 Å². The molecular weight excluding hydrogens is 218 g/mol. The molecule has 1 atom stereocenters. The van der Waals surface area contributed by atoms with Gasteiger partial charge in [-0.25, -0.2) is 0 Å². The zero-order valence-corrected chi connectivity index (χ0v) is 12.0. The van der Waals surface area contributed by atoms with Crippen molar-refractivity contribution in [2.45, 2.75) is 46.8 Å². The number of aliphatic hydroxyl groups excluding tert-OH is 1. The quantitative estimate of drug-likeness (QED) is 0.605. The largest absolute Gasteiger partial charge is 0.389 e. The molecule has 0 aromatic carbocycles. The molecule has 0 aromatic rings. The van der Waals surface area contributed by atoms with E-state index >= 15 is 0 Å². The van der Waals surface area contributed by atoms with Crippen molar-refractivity contribution in [2.75, 3.05) is 32.9 Å². The van der Waals surface area contributed by atoms with E-state index in [2.05, 4.69) is 26.1 Å². The number of hydrogen-bond donors (Lipinski definition) is 2. The van der Waals surface area contributed by atoms with Gasteiger partial charge in [-0.15, -0.1) is 0 Å². The summed E-state index contributed by atoms with van der Waals surface area (Å²) < 4.78 is 10.6. The van der Waals surface area contributed by atoms with Crippen molar-refractivity contribution >= 4 is 0 Å². The molecule has 17 heavy (non-hydrogen) atoms. The smallest absolute Gasteiger partial charge is 0.0897 e. The highest BCUT2D eigenvalue weighted by Crippen LogP contribution is 2.09. The van der Waals surface area contributed by atoms with Crippen LogP contribution in [0.3, 0.4) is 0 Å². The fourth-order valence-corrected chi connectivity index (χ4v) is 1.23. The molecule has 4 heteroatoms. The first-order chi connectivity index (χ1) is 7.81. The van der Waals surface area contributed by atoms with Crippen molar-refractivity contribution in [1.82, 2.24) is 5.32 Å². The Kier molecular flexibility index (Phi) is 8.78. The van der Waals surface area contributed by atoms with Crippen LogP contribution in [-0.4, -0.2) is 50.2 Å². The highest BCUT2D eigenvalue weighted by atomic mass is 16.5. The Hall–Kier alpha value is -0.160. The molecule has 1 unspecified atom stereocenters. The van der Waals surface area contributed by atoms with Crippen LogP contribution in [0.2, 0.25) is 0 Å². The minimum absolute atomic E-state index is 0.233. The monoisotopic (exact) mass is 247 g/mol. The van der Waals surface area contributed by atoms with Crippen molar-refractivity contribution in [3.8, 4) is 0 Å². The lowest BCUT2D eigenvalue weighted by atomic mass is 9.97. The first kappa shape index (κ1) is 16.8. The molecule has 0 amide bonds. The first-order valence-corrected chi connectivity index (χ1v) is 6.39. The van der Waals surface area contributed by atoms with E-state index in [1.165, 1.54) is 0 Å². The van der Waals surface area contributed by atoms with Gasteiger partial charge in [-0.3, -0.25) is 0 Å². The highest BCUT2D eigenvalue weighted by molar-refractivity contribution is 4.67. The van der Waals surface area contributed by atoms with Crippen LogP contribution in [0.4, 0.5) is 0 Å². The molecule has 104 valence electrons. The van der Waals surface area contributed by atoms with Crippen molar-refractivity contribution in [1.29, 1.82) is 0 Å². The third-order valence-electron chi connectivity index (χ3n) is 2.02. The summed E-state index contributed by atoms with van der Waals surface area (Å²) in [6.45, 7) is 13.4. The minimum atomic E-state index is -0.448. The molecule has 0 aromatic heterocycles. The molecule has 0 bridgehead atoms. The van der Waals surface area contributed by atoms with Crippen LogP contribution in [-0.2, 0) is 9.47 Å². The molecule has 0 fully saturated rings. The van der Waals surface area contributed by atoms with Crippen molar-refractivity contribution in [2.24, 2.45) is 5.41 Å². The van der Waals surface area contributed by atoms with Gasteiger partial charge in [0.2, 0.25) is 0 Å². The molecule has 2 N–H and O–H groups in total. The Balaban J connectivity index is 3.32. The zero-order chi connectivity index (χ0) is 13.3. The summed E-state index contributed by atoms with van der Waals surface area (Å²) in [6, 6.07) is 0. The molecular formula is C13H29NO3. The summed E-state index contributed by atoms with van der Waals surface area (Å²) in [5, 5.41) is 12.8. The summed E-state index contributed by atoms with van der Waals surface area (Å²) in [6.07, 6.45) is -0.214. The van der Waals surface area contributed by atoms with Gasteiger partial charge in [-0.2, -0.15) is 0 Å². The van der Waals surface area contributed by atoms with Gasteiger partial charge in [0, 0.05) is 13.1 Å². The summed E-state index contributed by atoms with van der Waals surface area (Å²) >= 11 is 0. The molecule has 0 radical (unpaired) electrons. The first-order valence-electron chi connectivity index (χ1n) is 6.39. The molecule has 0 aliphatic heterocycles. The topological polar surface area (TPSA) is 50.7 Å². The average Bonchev–Trinajstić information content (AvgIpc) is 2.14. The molecule has 0 saturated carbocycles. The van der Waals surface area contributed by atoms with Gasteiger partial charge in [-0.1, -0.05) is 20.8 Å². The van der Waals surface area contributed by atoms with Crippen LogP contribution in [0, 0.1) is 5.41 Å². The Morgan fingerprint density at radius 2 is 1.82 bits per heavy atom. The number of hydrogen-bond acceptors (Lipinski definition) is 4. The highest BCUT2D eigenvalue weighted by Gasteiger charge is 2.10. The van der Waals surface area contributed by atoms with Gasteiger partial charge in [-0.05, 0) is 19.3 Å². The van der Waals surface area contributed by atoms with Crippen LogP contribution in [0.1, 0.15) is 34.6 Å². The van der Waals surface area contributed by atoms with E-state index in [4.69, 9.17) is 9.47 Å². The Bertz CT molecular complexity index is 178. The van der Waals surface area contributed by atoms with Crippen LogP contribution in [0.15, 0.2) is 0 Å². The predicted octanol–water partition coefficient (Wildman–Crippen LogP) is 1.42. The standard InChI is InChI=1S/C13H29NO3/c1-11(2)17-7-6-16-9-12(15)8-14-10-13(3,4)5/h11-12,14-15H,6-10H2,1-5H3. The second kappa shape index (κ2) is 8.86. The lowest BCUT2D eigenvalue weighted by molar-refractivity contribution is -0.0102. The maximum atomic E-state index is 9.63. The average molecular weight is 247 g/mol. The number of aliphatic hydroxyl groups is 1. The fraction of sp³-hybridized carbons (Fsp3) is 1.00. The summed E-state index contributed by atoms with van der Waals surface area (Å²) in [5.74, 6) is 0. The summed E-state index contributed by atoms with van der Waals surface area (Å²) in [4.78, 5) is 0. The molecule has 0 saturated heterocycles. The summed E-state index contributed by atoms with van der Waals surface area (Å²) in [5.41, 5.74) is 0.242. The lowest BCUT2D eigenvalue weighted by Crippen LogP contribution is -2.35. The predicted molar refractivity (Wildman–Crippen MR) is 70.2 cm³/mol. The second-order valence-corrected chi connectivity index (χ2v) is 5.84. The van der Waals surface area contributed by atoms with E-state index in [1.807, 2.05) is 13.8 Å². The summed E-state index contributed by atoms with van der Waals surface area (Å²) in [7, 11) is 0. The van der Waals surface area contributed by atoms with E-state index in [9.17, 15) is 5.11 Å². The van der Waals surface area contributed by atoms with E-state index in [-0.39, 0.29) is 11.5 Å². The number of ether oxygens (including phenoxy) is 2. The maximum Gasteiger partial charge on any atom is 0.0897 e. The second-order valence-electron chi connectivity index (χ2n) is 5.84. The van der Waals surface area contributed by atoms with Gasteiger partial charge < -0.3 is 19.9 Å². The van der Waals surface area contributed by atoms with Crippen molar-refractivity contribution in [3.63, 3.8) is 0 Å². The van der Waals surface area contributed by atoms with Crippen LogP contribution in [0.25, 0.3) is 0 Å². The molecule has 0 spiro atoms. The molecule has 0 aliphatic rings. The normalized spacial score (nSPS) is 14.3. The Morgan fingerprint density at radius 3 is 2.35 bits per heavy atom. The lowest BCUT2D eigenvalue weighted by Gasteiger charge is -2.20. The van der Waals surface area contributed by atoms with Crippen LogP contribution in [0.5, 0.6) is 0 Å². The third-order valence-corrected chi connectivity index (χ3v) is 2.02. The maximum absolute atomic E-state index is 9.63. The molecule has 0 heterocycles. The third kappa shape index (κ3) is 13.8. The van der Waals surface area contributed by atoms with Gasteiger partial charge in [0.15, 0.2) is 0 Å². The fourth-order valence-electron chi connectivity index (χ4n) is 1.23. The number of nitrogens with one attached hydrogen (secondary N) is 1. The molecule has 0 aliphatic carbocycles. The molecule has 4 nitrogen and oxygen atoms in total. The van der Waals surface area contributed by atoms with Crippen LogP contribution < -0.4 is 5.32 Å². The van der Waals surface area contributed by atoms with Gasteiger partial charge in [0.25, 0.3) is 0 Å². The van der Waals surface area contributed by atoms with Crippen molar-refractivity contribution in [3.05, 3.63) is 0 Å². The number of rotatable bonds is 9.